The van der Waals surface area contributed by atoms with E-state index < -0.39 is 5.54 Å². The van der Waals surface area contributed by atoms with E-state index in [1.807, 2.05) is 6.92 Å². The summed E-state index contributed by atoms with van der Waals surface area (Å²) >= 11 is 0. The number of nitrogens with two attached hydrogens (primary N) is 2. The van der Waals surface area contributed by atoms with E-state index in [1.54, 1.807) is 0 Å². The fourth-order valence-corrected chi connectivity index (χ4v) is 2.69. The van der Waals surface area contributed by atoms with Gasteiger partial charge in [0.2, 0.25) is 0 Å². The van der Waals surface area contributed by atoms with Crippen molar-refractivity contribution in [3.63, 3.8) is 0 Å². The van der Waals surface area contributed by atoms with Gasteiger partial charge < -0.3 is 11.5 Å². The lowest BCUT2D eigenvalue weighted by atomic mass is 9.83. The van der Waals surface area contributed by atoms with E-state index in [9.17, 15) is 0 Å². The molecule has 0 heterocycles. The topological polar surface area (TPSA) is 52.0 Å². The van der Waals surface area contributed by atoms with Crippen molar-refractivity contribution in [3.05, 3.63) is 35.4 Å². The molecule has 1 aliphatic carbocycles. The highest BCUT2D eigenvalue weighted by Gasteiger charge is 2.20. The fourth-order valence-electron chi connectivity index (χ4n) is 2.69. The molecule has 4 N–H and O–H groups in total. The van der Waals surface area contributed by atoms with Crippen LogP contribution in [0, 0.1) is 0 Å². The van der Waals surface area contributed by atoms with Crippen molar-refractivity contribution in [1.29, 1.82) is 0 Å². The molecule has 0 amide bonds. The summed E-state index contributed by atoms with van der Waals surface area (Å²) in [5, 5.41) is 0. The molecule has 0 spiro atoms. The molecule has 1 saturated carbocycles. The van der Waals surface area contributed by atoms with Crippen LogP contribution in [0.25, 0.3) is 0 Å². The normalized spacial score (nSPS) is 21.1. The predicted molar refractivity (Wildman–Crippen MR) is 72.9 cm³/mol. The molecule has 2 nitrogen and oxygen atoms in total. The lowest BCUT2D eigenvalue weighted by Gasteiger charge is -2.25. The van der Waals surface area contributed by atoms with E-state index in [-0.39, 0.29) is 0 Å². The van der Waals surface area contributed by atoms with Crippen LogP contribution in [0.5, 0.6) is 0 Å². The first-order valence-corrected chi connectivity index (χ1v) is 6.73. The number of hydrogen-bond acceptors (Lipinski definition) is 2. The molecule has 0 aliphatic heterocycles. The summed E-state index contributed by atoms with van der Waals surface area (Å²) in [6, 6.07) is 8.78. The summed E-state index contributed by atoms with van der Waals surface area (Å²) in [4.78, 5) is 0. The molecule has 1 aliphatic rings. The molecule has 2 rings (SSSR count). The highest BCUT2D eigenvalue weighted by molar-refractivity contribution is 5.30. The minimum Gasteiger partial charge on any atom is -0.328 e. The maximum atomic E-state index is 6.14. The molecule has 1 unspecified atom stereocenters. The maximum Gasteiger partial charge on any atom is 0.0505 e. The number of hydrogen-bond donors (Lipinski definition) is 2. The fraction of sp³-hybridized carbons (Fsp3) is 0.600. The Hall–Kier alpha value is -0.860. The molecule has 0 aromatic heterocycles. The smallest absolute Gasteiger partial charge is 0.0505 e. The Balaban J connectivity index is 2.12. The molecule has 0 saturated heterocycles. The second kappa shape index (κ2) is 5.19. The summed E-state index contributed by atoms with van der Waals surface area (Å²) in [5.74, 6) is 0.764. The van der Waals surface area contributed by atoms with Crippen LogP contribution in [0.2, 0.25) is 0 Å². The monoisotopic (exact) mass is 232 g/mol. The first kappa shape index (κ1) is 12.6. The summed E-state index contributed by atoms with van der Waals surface area (Å²) in [6.45, 7) is 2.47. The average Bonchev–Trinajstić information content (AvgIpc) is 2.40. The van der Waals surface area contributed by atoms with Gasteiger partial charge in [-0.15, -0.1) is 0 Å². The quantitative estimate of drug-likeness (QED) is 0.842. The van der Waals surface area contributed by atoms with Gasteiger partial charge in [0.1, 0.15) is 0 Å². The van der Waals surface area contributed by atoms with Crippen LogP contribution in [0.4, 0.5) is 0 Å². The molecular formula is C15H24N2. The van der Waals surface area contributed by atoms with Crippen molar-refractivity contribution in [2.45, 2.75) is 50.5 Å². The van der Waals surface area contributed by atoms with Gasteiger partial charge in [-0.1, -0.05) is 43.5 Å². The maximum absolute atomic E-state index is 6.14. The predicted octanol–water partition coefficient (Wildman–Crippen LogP) is 2.87. The third-order valence-electron chi connectivity index (χ3n) is 4.07. The number of rotatable bonds is 3. The summed E-state index contributed by atoms with van der Waals surface area (Å²) < 4.78 is 0. The van der Waals surface area contributed by atoms with Crippen LogP contribution >= 0.6 is 0 Å². The zero-order valence-corrected chi connectivity index (χ0v) is 10.8. The molecule has 17 heavy (non-hydrogen) atoms. The Morgan fingerprint density at radius 3 is 2.24 bits per heavy atom. The third-order valence-corrected chi connectivity index (χ3v) is 4.07. The van der Waals surface area contributed by atoms with Crippen molar-refractivity contribution in [2.75, 3.05) is 6.54 Å². The second-order valence-corrected chi connectivity index (χ2v) is 5.58. The first-order valence-electron chi connectivity index (χ1n) is 6.73. The minimum absolute atomic E-state index is 0.398. The van der Waals surface area contributed by atoms with Crippen molar-refractivity contribution in [1.82, 2.24) is 0 Å². The van der Waals surface area contributed by atoms with Crippen LogP contribution in [0.3, 0.4) is 0 Å². The Morgan fingerprint density at radius 1 is 1.12 bits per heavy atom. The van der Waals surface area contributed by atoms with E-state index >= 15 is 0 Å². The molecule has 94 valence electrons. The van der Waals surface area contributed by atoms with Gasteiger partial charge in [-0.3, -0.25) is 0 Å². The number of benzene rings is 1. The SMILES string of the molecule is CC(N)(CN)c1ccc(C2CCCCC2)cc1. The van der Waals surface area contributed by atoms with Crippen LogP contribution in [-0.2, 0) is 5.54 Å². The molecular weight excluding hydrogens is 208 g/mol. The van der Waals surface area contributed by atoms with Crippen LogP contribution in [0.15, 0.2) is 24.3 Å². The Labute approximate surface area is 104 Å². The third kappa shape index (κ3) is 2.88. The van der Waals surface area contributed by atoms with Gasteiger partial charge in [-0.25, -0.2) is 0 Å². The van der Waals surface area contributed by atoms with Gasteiger partial charge in [0.25, 0.3) is 0 Å². The van der Waals surface area contributed by atoms with Crippen molar-refractivity contribution in [2.24, 2.45) is 11.5 Å². The standard InChI is InChI=1S/C15H24N2/c1-15(17,11-16)14-9-7-13(8-10-14)12-5-3-2-4-6-12/h7-10,12H,2-6,11,16-17H2,1H3. The molecule has 1 fully saturated rings. The van der Waals surface area contributed by atoms with Gasteiger partial charge in [0.05, 0.1) is 5.54 Å². The average molecular weight is 232 g/mol. The molecule has 0 radical (unpaired) electrons. The van der Waals surface area contributed by atoms with Gasteiger partial charge in [-0.05, 0) is 36.8 Å². The Bertz CT molecular complexity index is 348. The minimum atomic E-state index is -0.398. The zero-order chi connectivity index (χ0) is 12.3. The Morgan fingerprint density at radius 2 is 1.71 bits per heavy atom. The van der Waals surface area contributed by atoms with Gasteiger partial charge in [0.15, 0.2) is 0 Å². The van der Waals surface area contributed by atoms with Gasteiger partial charge in [0, 0.05) is 6.54 Å². The molecule has 0 bridgehead atoms. The van der Waals surface area contributed by atoms with E-state index in [0.29, 0.717) is 6.54 Å². The molecule has 1 aromatic carbocycles. The van der Waals surface area contributed by atoms with Crippen LogP contribution in [0.1, 0.15) is 56.1 Å². The molecule has 1 aromatic rings. The van der Waals surface area contributed by atoms with E-state index in [1.165, 1.54) is 37.7 Å². The zero-order valence-electron chi connectivity index (χ0n) is 10.8. The lowest BCUT2D eigenvalue weighted by Crippen LogP contribution is -2.40. The van der Waals surface area contributed by atoms with Crippen molar-refractivity contribution < 1.29 is 0 Å². The Kier molecular flexibility index (Phi) is 3.85. The molecule has 1 atom stereocenters. The first-order chi connectivity index (χ1) is 8.13. The summed E-state index contributed by atoms with van der Waals surface area (Å²) in [7, 11) is 0. The van der Waals surface area contributed by atoms with Crippen molar-refractivity contribution in [3.8, 4) is 0 Å². The summed E-state index contributed by atoms with van der Waals surface area (Å²) in [5.41, 5.74) is 14.0. The second-order valence-electron chi connectivity index (χ2n) is 5.58. The highest BCUT2D eigenvalue weighted by Crippen LogP contribution is 2.33. The van der Waals surface area contributed by atoms with E-state index in [2.05, 4.69) is 24.3 Å². The van der Waals surface area contributed by atoms with Gasteiger partial charge >= 0.3 is 0 Å². The summed E-state index contributed by atoms with van der Waals surface area (Å²) in [6.07, 6.45) is 6.85. The lowest BCUT2D eigenvalue weighted by molar-refractivity contribution is 0.443. The van der Waals surface area contributed by atoms with Crippen LogP contribution in [-0.4, -0.2) is 6.54 Å². The van der Waals surface area contributed by atoms with Gasteiger partial charge in [-0.2, -0.15) is 0 Å². The van der Waals surface area contributed by atoms with Crippen molar-refractivity contribution >= 4 is 0 Å². The highest BCUT2D eigenvalue weighted by atomic mass is 14.8. The van der Waals surface area contributed by atoms with Crippen LogP contribution < -0.4 is 11.5 Å². The van der Waals surface area contributed by atoms with E-state index in [4.69, 9.17) is 11.5 Å². The van der Waals surface area contributed by atoms with E-state index in [0.717, 1.165) is 11.5 Å². The largest absolute Gasteiger partial charge is 0.328 e. The molecule has 2 heteroatoms.